The first kappa shape index (κ1) is 16.5. The van der Waals surface area contributed by atoms with Crippen LogP contribution in [0, 0.1) is 12.7 Å². The molecule has 0 saturated heterocycles. The average molecular weight is 300 g/mol. The Morgan fingerprint density at radius 1 is 0.864 bits per heavy atom. The molecule has 0 fully saturated rings. The highest BCUT2D eigenvalue weighted by Gasteiger charge is 2.17. The number of ether oxygens (including phenoxy) is 1. The van der Waals surface area contributed by atoms with Crippen molar-refractivity contribution in [1.82, 2.24) is 0 Å². The van der Waals surface area contributed by atoms with Crippen LogP contribution in [-0.4, -0.2) is 7.11 Å². The number of halogens is 1. The number of hydrogen-bond acceptors (Lipinski definition) is 1. The fourth-order valence-corrected chi connectivity index (χ4v) is 2.80. The first-order valence-electron chi connectivity index (χ1n) is 7.83. The Balaban J connectivity index is 2.73. The summed E-state index contributed by atoms with van der Waals surface area (Å²) < 4.78 is 19.7. The third-order valence-corrected chi connectivity index (χ3v) is 4.06. The second-order valence-electron chi connectivity index (χ2n) is 6.47. The second-order valence-corrected chi connectivity index (χ2v) is 6.47. The van der Waals surface area contributed by atoms with Crippen LogP contribution in [0.25, 0.3) is 11.1 Å². The summed E-state index contributed by atoms with van der Waals surface area (Å²) in [4.78, 5) is 0. The molecular formula is C20H25FO. The zero-order valence-corrected chi connectivity index (χ0v) is 14.3. The third kappa shape index (κ3) is 3.16. The second kappa shape index (κ2) is 6.51. The minimum Gasteiger partial charge on any atom is -0.496 e. The molecule has 0 aliphatic carbocycles. The van der Waals surface area contributed by atoms with Crippen LogP contribution >= 0.6 is 0 Å². The molecule has 0 heterocycles. The zero-order chi connectivity index (χ0) is 16.4. The molecule has 0 aliphatic rings. The first-order chi connectivity index (χ1) is 10.3. The van der Waals surface area contributed by atoms with Crippen LogP contribution in [0.2, 0.25) is 0 Å². The Kier molecular flexibility index (Phi) is 4.90. The summed E-state index contributed by atoms with van der Waals surface area (Å²) in [6.45, 7) is 10.5. The highest BCUT2D eigenvalue weighted by atomic mass is 19.1. The van der Waals surface area contributed by atoms with E-state index in [-0.39, 0.29) is 11.7 Å². The van der Waals surface area contributed by atoms with Crippen molar-refractivity contribution in [3.8, 4) is 16.9 Å². The van der Waals surface area contributed by atoms with Crippen LogP contribution < -0.4 is 4.74 Å². The average Bonchev–Trinajstić information content (AvgIpc) is 2.46. The van der Waals surface area contributed by atoms with Gasteiger partial charge >= 0.3 is 0 Å². The van der Waals surface area contributed by atoms with Crippen molar-refractivity contribution in [2.24, 2.45) is 0 Å². The van der Waals surface area contributed by atoms with E-state index in [0.717, 1.165) is 16.7 Å². The van der Waals surface area contributed by atoms with Crippen LogP contribution in [0.15, 0.2) is 30.3 Å². The van der Waals surface area contributed by atoms with E-state index in [0.29, 0.717) is 11.7 Å². The van der Waals surface area contributed by atoms with Gasteiger partial charge in [0.15, 0.2) is 0 Å². The summed E-state index contributed by atoms with van der Waals surface area (Å²) in [5.74, 6) is 0.922. The number of methoxy groups -OCH3 is 1. The van der Waals surface area contributed by atoms with Crippen LogP contribution in [0.3, 0.4) is 0 Å². The van der Waals surface area contributed by atoms with Gasteiger partial charge in [-0.25, -0.2) is 4.39 Å². The molecule has 0 aromatic heterocycles. The molecule has 118 valence electrons. The van der Waals surface area contributed by atoms with E-state index < -0.39 is 0 Å². The molecule has 0 atom stereocenters. The van der Waals surface area contributed by atoms with E-state index in [4.69, 9.17) is 4.74 Å². The molecule has 0 unspecified atom stereocenters. The van der Waals surface area contributed by atoms with Gasteiger partial charge in [0, 0.05) is 11.6 Å². The molecule has 2 rings (SSSR count). The van der Waals surface area contributed by atoms with Crippen LogP contribution in [0.1, 0.15) is 56.2 Å². The molecule has 22 heavy (non-hydrogen) atoms. The van der Waals surface area contributed by atoms with Crippen molar-refractivity contribution in [3.63, 3.8) is 0 Å². The van der Waals surface area contributed by atoms with E-state index in [2.05, 4.69) is 39.0 Å². The summed E-state index contributed by atoms with van der Waals surface area (Å²) in [6.07, 6.45) is 0. The van der Waals surface area contributed by atoms with Crippen LogP contribution in [-0.2, 0) is 0 Å². The number of hydrogen-bond donors (Lipinski definition) is 0. The summed E-state index contributed by atoms with van der Waals surface area (Å²) in [6, 6.07) is 9.87. The quantitative estimate of drug-likeness (QED) is 0.667. The van der Waals surface area contributed by atoms with E-state index in [9.17, 15) is 4.39 Å². The maximum absolute atomic E-state index is 14.2. The topological polar surface area (TPSA) is 9.23 Å². The largest absolute Gasteiger partial charge is 0.496 e. The molecule has 1 nitrogen and oxygen atoms in total. The van der Waals surface area contributed by atoms with Crippen LogP contribution in [0.5, 0.6) is 5.75 Å². The van der Waals surface area contributed by atoms with Gasteiger partial charge in [-0.05, 0) is 41.5 Å². The first-order valence-corrected chi connectivity index (χ1v) is 7.83. The van der Waals surface area contributed by atoms with Gasteiger partial charge in [0.2, 0.25) is 0 Å². The fraction of sp³-hybridized carbons (Fsp3) is 0.400. The lowest BCUT2D eigenvalue weighted by Gasteiger charge is -2.19. The van der Waals surface area contributed by atoms with E-state index in [1.54, 1.807) is 7.11 Å². The lowest BCUT2D eigenvalue weighted by atomic mass is 9.88. The number of aryl methyl sites for hydroxylation is 1. The SMILES string of the molecule is COc1cc(F)c(C(C)C)cc1-c1ccc(C)cc1C(C)C. The monoisotopic (exact) mass is 300 g/mol. The van der Waals surface area contributed by atoms with Gasteiger partial charge in [-0.2, -0.15) is 0 Å². The van der Waals surface area contributed by atoms with E-state index >= 15 is 0 Å². The van der Waals surface area contributed by atoms with E-state index in [1.807, 2.05) is 19.9 Å². The lowest BCUT2D eigenvalue weighted by molar-refractivity contribution is 0.412. The number of rotatable bonds is 4. The highest BCUT2D eigenvalue weighted by molar-refractivity contribution is 5.75. The minimum atomic E-state index is -0.200. The van der Waals surface area contributed by atoms with E-state index in [1.165, 1.54) is 17.2 Å². The normalized spacial score (nSPS) is 11.3. The molecule has 0 bridgehead atoms. The molecule has 0 N–H and O–H groups in total. The van der Waals surface area contributed by atoms with Crippen molar-refractivity contribution in [2.45, 2.75) is 46.5 Å². The Bertz CT molecular complexity index is 672. The molecule has 0 radical (unpaired) electrons. The lowest BCUT2D eigenvalue weighted by Crippen LogP contribution is -2.00. The summed E-state index contributed by atoms with van der Waals surface area (Å²) in [5.41, 5.74) is 5.32. The summed E-state index contributed by atoms with van der Waals surface area (Å²) in [7, 11) is 1.59. The molecule has 2 heteroatoms. The van der Waals surface area contributed by atoms with Gasteiger partial charge in [-0.3, -0.25) is 0 Å². The van der Waals surface area contributed by atoms with Crippen molar-refractivity contribution >= 4 is 0 Å². The Morgan fingerprint density at radius 3 is 2.05 bits per heavy atom. The van der Waals surface area contributed by atoms with Crippen molar-refractivity contribution in [3.05, 3.63) is 52.8 Å². The fourth-order valence-electron chi connectivity index (χ4n) is 2.80. The number of benzene rings is 2. The smallest absolute Gasteiger partial charge is 0.130 e. The zero-order valence-electron chi connectivity index (χ0n) is 14.3. The summed E-state index contributed by atoms with van der Waals surface area (Å²) in [5, 5.41) is 0. The summed E-state index contributed by atoms with van der Waals surface area (Å²) >= 11 is 0. The van der Waals surface area contributed by atoms with Gasteiger partial charge in [-0.1, -0.05) is 51.5 Å². The Morgan fingerprint density at radius 2 is 1.50 bits per heavy atom. The predicted octanol–water partition coefficient (Wildman–Crippen LogP) is 6.06. The van der Waals surface area contributed by atoms with Crippen molar-refractivity contribution in [1.29, 1.82) is 0 Å². The maximum Gasteiger partial charge on any atom is 0.130 e. The van der Waals surface area contributed by atoms with Crippen LogP contribution in [0.4, 0.5) is 4.39 Å². The van der Waals surface area contributed by atoms with Gasteiger partial charge in [0.1, 0.15) is 11.6 Å². The molecule has 0 spiro atoms. The molecule has 2 aromatic carbocycles. The van der Waals surface area contributed by atoms with Crippen molar-refractivity contribution < 1.29 is 9.13 Å². The van der Waals surface area contributed by atoms with Gasteiger partial charge < -0.3 is 4.74 Å². The molecular weight excluding hydrogens is 275 g/mol. The minimum absolute atomic E-state index is 0.137. The highest BCUT2D eigenvalue weighted by Crippen LogP contribution is 2.38. The van der Waals surface area contributed by atoms with Gasteiger partial charge in [-0.15, -0.1) is 0 Å². The molecule has 0 saturated carbocycles. The third-order valence-electron chi connectivity index (χ3n) is 4.06. The standard InChI is InChI=1S/C20H25FO/c1-12(2)16-9-14(5)7-8-15(16)18-10-17(13(3)4)19(21)11-20(18)22-6/h7-13H,1-6H3. The molecule has 2 aromatic rings. The molecule has 0 amide bonds. The van der Waals surface area contributed by atoms with Gasteiger partial charge in [0.05, 0.1) is 7.11 Å². The van der Waals surface area contributed by atoms with Crippen molar-refractivity contribution in [2.75, 3.05) is 7.11 Å². The predicted molar refractivity (Wildman–Crippen MR) is 91.3 cm³/mol. The maximum atomic E-state index is 14.2. The Hall–Kier alpha value is -1.83. The Labute approximate surface area is 133 Å². The van der Waals surface area contributed by atoms with Gasteiger partial charge in [0.25, 0.3) is 0 Å². The molecule has 0 aliphatic heterocycles.